The topological polar surface area (TPSA) is 88.0 Å². The van der Waals surface area contributed by atoms with Crippen molar-refractivity contribution in [3.05, 3.63) is 46.6 Å². The molecule has 0 saturated heterocycles. The van der Waals surface area contributed by atoms with E-state index in [1.165, 1.54) is 6.07 Å². The van der Waals surface area contributed by atoms with E-state index in [9.17, 15) is 4.79 Å². The molecule has 0 saturated carbocycles. The van der Waals surface area contributed by atoms with Crippen LogP contribution in [0.4, 0.5) is 5.82 Å². The van der Waals surface area contributed by atoms with Gasteiger partial charge in [-0.2, -0.15) is 0 Å². The summed E-state index contributed by atoms with van der Waals surface area (Å²) in [5, 5.41) is 12.0. The number of aromatic nitrogens is 3. The summed E-state index contributed by atoms with van der Waals surface area (Å²) in [5.41, 5.74) is 1.39. The maximum Gasteiger partial charge on any atom is 0.356 e. The average Bonchev–Trinajstić information content (AvgIpc) is 2.39. The van der Waals surface area contributed by atoms with E-state index in [-0.39, 0.29) is 10.7 Å². The third-order valence-corrected chi connectivity index (χ3v) is 2.64. The van der Waals surface area contributed by atoms with Crippen LogP contribution in [0.5, 0.6) is 0 Å². The number of rotatable bonds is 4. The van der Waals surface area contributed by atoms with Gasteiger partial charge in [-0.1, -0.05) is 11.6 Å². The summed E-state index contributed by atoms with van der Waals surface area (Å²) in [6.07, 6.45) is 3.31. The van der Waals surface area contributed by atoms with Crippen LogP contribution in [0.15, 0.2) is 24.5 Å². The Balaban J connectivity index is 2.09. The average molecular weight is 279 g/mol. The van der Waals surface area contributed by atoms with Crippen LogP contribution in [0.3, 0.4) is 0 Å². The van der Waals surface area contributed by atoms with Gasteiger partial charge in [-0.05, 0) is 19.1 Å². The standard InChI is InChI=1S/C12H11ClN4O2/c1-7-4-15-8(5-14-7)6-16-10-3-2-9(13)11(17-10)12(18)19/h2-5H,6H2,1H3,(H,16,17)(H,18,19). The first kappa shape index (κ1) is 13.2. The Morgan fingerprint density at radius 2 is 2.16 bits per heavy atom. The normalized spacial score (nSPS) is 10.2. The van der Waals surface area contributed by atoms with E-state index < -0.39 is 5.97 Å². The van der Waals surface area contributed by atoms with Crippen molar-refractivity contribution in [1.82, 2.24) is 15.0 Å². The smallest absolute Gasteiger partial charge is 0.356 e. The van der Waals surface area contributed by atoms with Crippen LogP contribution in [-0.2, 0) is 6.54 Å². The summed E-state index contributed by atoms with van der Waals surface area (Å²) in [6, 6.07) is 3.09. The second kappa shape index (κ2) is 5.62. The maximum atomic E-state index is 10.9. The molecule has 0 fully saturated rings. The van der Waals surface area contributed by atoms with Crippen molar-refractivity contribution in [3.63, 3.8) is 0 Å². The largest absolute Gasteiger partial charge is 0.476 e. The minimum absolute atomic E-state index is 0.105. The van der Waals surface area contributed by atoms with Crippen LogP contribution >= 0.6 is 11.6 Å². The lowest BCUT2D eigenvalue weighted by molar-refractivity contribution is 0.0691. The molecule has 0 atom stereocenters. The maximum absolute atomic E-state index is 10.9. The summed E-state index contributed by atoms with van der Waals surface area (Å²) in [4.78, 5) is 23.1. The summed E-state index contributed by atoms with van der Waals surface area (Å²) < 4.78 is 0. The third-order valence-electron chi connectivity index (χ3n) is 2.33. The number of aryl methyl sites for hydroxylation is 1. The number of nitrogens with one attached hydrogen (secondary N) is 1. The minimum atomic E-state index is -1.16. The lowest BCUT2D eigenvalue weighted by Crippen LogP contribution is -2.07. The van der Waals surface area contributed by atoms with Crippen molar-refractivity contribution in [2.45, 2.75) is 13.5 Å². The molecule has 2 aromatic heterocycles. The molecule has 2 heterocycles. The molecular weight excluding hydrogens is 268 g/mol. The fourth-order valence-corrected chi connectivity index (χ4v) is 1.57. The van der Waals surface area contributed by atoms with E-state index in [0.29, 0.717) is 12.4 Å². The zero-order valence-electron chi connectivity index (χ0n) is 10.1. The van der Waals surface area contributed by atoms with E-state index in [2.05, 4.69) is 20.3 Å². The Hall–Kier alpha value is -2.21. The van der Waals surface area contributed by atoms with Gasteiger partial charge in [-0.15, -0.1) is 0 Å². The molecule has 0 radical (unpaired) electrons. The minimum Gasteiger partial charge on any atom is -0.476 e. The first-order valence-electron chi connectivity index (χ1n) is 5.47. The molecule has 0 bridgehead atoms. The van der Waals surface area contributed by atoms with E-state index >= 15 is 0 Å². The Morgan fingerprint density at radius 1 is 1.37 bits per heavy atom. The van der Waals surface area contributed by atoms with Gasteiger partial charge in [0.2, 0.25) is 0 Å². The van der Waals surface area contributed by atoms with E-state index in [4.69, 9.17) is 16.7 Å². The highest BCUT2D eigenvalue weighted by atomic mass is 35.5. The van der Waals surface area contributed by atoms with Crippen molar-refractivity contribution in [1.29, 1.82) is 0 Å². The molecule has 0 aromatic carbocycles. The highest BCUT2D eigenvalue weighted by molar-refractivity contribution is 6.33. The Bertz CT molecular complexity index is 601. The van der Waals surface area contributed by atoms with Gasteiger partial charge in [0.05, 0.1) is 29.2 Å². The van der Waals surface area contributed by atoms with Gasteiger partial charge in [-0.3, -0.25) is 9.97 Å². The quantitative estimate of drug-likeness (QED) is 0.891. The van der Waals surface area contributed by atoms with Crippen LogP contribution in [0.1, 0.15) is 21.9 Å². The Labute approximate surface area is 114 Å². The second-order valence-corrected chi connectivity index (χ2v) is 4.24. The molecule has 0 unspecified atom stereocenters. The summed E-state index contributed by atoms with van der Waals surface area (Å²) in [7, 11) is 0. The summed E-state index contributed by atoms with van der Waals surface area (Å²) >= 11 is 5.73. The fraction of sp³-hybridized carbons (Fsp3) is 0.167. The fourth-order valence-electron chi connectivity index (χ4n) is 1.38. The van der Waals surface area contributed by atoms with E-state index in [1.807, 2.05) is 6.92 Å². The molecule has 2 aromatic rings. The molecule has 0 aliphatic rings. The first-order chi connectivity index (χ1) is 9.06. The third kappa shape index (κ3) is 3.38. The predicted molar refractivity (Wildman–Crippen MR) is 70.3 cm³/mol. The molecule has 2 rings (SSSR count). The van der Waals surface area contributed by atoms with Gasteiger partial charge >= 0.3 is 5.97 Å². The van der Waals surface area contributed by atoms with Crippen LogP contribution in [0.2, 0.25) is 5.02 Å². The van der Waals surface area contributed by atoms with Crippen LogP contribution < -0.4 is 5.32 Å². The SMILES string of the molecule is Cc1cnc(CNc2ccc(Cl)c(C(=O)O)n2)cn1. The highest BCUT2D eigenvalue weighted by Crippen LogP contribution is 2.16. The van der Waals surface area contributed by atoms with E-state index in [0.717, 1.165) is 11.4 Å². The molecular formula is C12H11ClN4O2. The van der Waals surface area contributed by atoms with Gasteiger partial charge in [-0.25, -0.2) is 9.78 Å². The molecule has 2 N–H and O–H groups in total. The number of hydrogen-bond donors (Lipinski definition) is 2. The van der Waals surface area contributed by atoms with Crippen LogP contribution in [0.25, 0.3) is 0 Å². The van der Waals surface area contributed by atoms with Crippen LogP contribution in [-0.4, -0.2) is 26.0 Å². The van der Waals surface area contributed by atoms with Gasteiger partial charge in [0.1, 0.15) is 5.82 Å². The number of carboxylic acid groups (broad SMARTS) is 1. The van der Waals surface area contributed by atoms with Crippen molar-refractivity contribution in [2.75, 3.05) is 5.32 Å². The number of aromatic carboxylic acids is 1. The van der Waals surface area contributed by atoms with E-state index in [1.54, 1.807) is 18.5 Å². The monoisotopic (exact) mass is 278 g/mol. The van der Waals surface area contributed by atoms with Crippen molar-refractivity contribution in [2.24, 2.45) is 0 Å². The molecule has 0 aliphatic carbocycles. The zero-order chi connectivity index (χ0) is 13.8. The number of anilines is 1. The number of nitrogens with zero attached hydrogens (tertiary/aromatic N) is 3. The molecule has 98 valence electrons. The summed E-state index contributed by atoms with van der Waals surface area (Å²) in [6.45, 7) is 2.26. The lowest BCUT2D eigenvalue weighted by atomic mass is 10.3. The van der Waals surface area contributed by atoms with Crippen molar-refractivity contribution >= 4 is 23.4 Å². The molecule has 19 heavy (non-hydrogen) atoms. The number of carbonyl (C=O) groups is 1. The van der Waals surface area contributed by atoms with Gasteiger partial charge in [0, 0.05) is 6.20 Å². The molecule has 0 spiro atoms. The van der Waals surface area contributed by atoms with Crippen molar-refractivity contribution < 1.29 is 9.90 Å². The van der Waals surface area contributed by atoms with Crippen LogP contribution in [0, 0.1) is 6.92 Å². The molecule has 0 aliphatic heterocycles. The number of hydrogen-bond acceptors (Lipinski definition) is 5. The highest BCUT2D eigenvalue weighted by Gasteiger charge is 2.11. The van der Waals surface area contributed by atoms with Crippen molar-refractivity contribution in [3.8, 4) is 0 Å². The number of halogens is 1. The molecule has 7 heteroatoms. The predicted octanol–water partition coefficient (Wildman–Crippen LogP) is 2.14. The van der Waals surface area contributed by atoms with Gasteiger partial charge < -0.3 is 10.4 Å². The Kier molecular flexibility index (Phi) is 3.91. The van der Waals surface area contributed by atoms with Gasteiger partial charge in [0.15, 0.2) is 5.69 Å². The van der Waals surface area contributed by atoms with Gasteiger partial charge in [0.25, 0.3) is 0 Å². The molecule has 0 amide bonds. The zero-order valence-corrected chi connectivity index (χ0v) is 10.8. The summed E-state index contributed by atoms with van der Waals surface area (Å²) in [5.74, 6) is -0.743. The number of pyridine rings is 1. The molecule has 6 nitrogen and oxygen atoms in total. The lowest BCUT2D eigenvalue weighted by Gasteiger charge is -2.06. The first-order valence-corrected chi connectivity index (χ1v) is 5.85. The second-order valence-electron chi connectivity index (χ2n) is 3.83. The Morgan fingerprint density at radius 3 is 2.79 bits per heavy atom. The number of carboxylic acids is 1.